The first-order valence-electron chi connectivity index (χ1n) is 11.8. The van der Waals surface area contributed by atoms with Gasteiger partial charge in [0.15, 0.2) is 0 Å². The van der Waals surface area contributed by atoms with E-state index in [4.69, 9.17) is 4.52 Å². The number of alkyl halides is 2. The zero-order valence-electron chi connectivity index (χ0n) is 20.0. The van der Waals surface area contributed by atoms with Crippen LogP contribution in [-0.4, -0.2) is 26.1 Å². The largest absolute Gasteiger partial charge is 0.442 e. The summed E-state index contributed by atoms with van der Waals surface area (Å²) in [5, 5.41) is 9.05. The molecule has 194 valence electrons. The number of nitrogens with zero attached hydrogens (tertiary/aromatic N) is 3. The minimum atomic E-state index is -5.07. The van der Waals surface area contributed by atoms with Crippen molar-refractivity contribution in [2.75, 3.05) is 0 Å². The highest BCUT2D eigenvalue weighted by molar-refractivity contribution is 9.10. The van der Waals surface area contributed by atoms with Gasteiger partial charge in [-0.25, -0.2) is 9.25 Å². The monoisotopic (exact) mass is 597 g/mol. The number of benzene rings is 4. The molecule has 0 saturated heterocycles. The SMILES string of the molecule is O=P(O)(Oc1ccc(CC(Cc2ccc(Br)cc2)(c2ccccc2)n2nnc3ccccc32)cc1)C(F)F. The minimum absolute atomic E-state index is 0.107. The van der Waals surface area contributed by atoms with Gasteiger partial charge in [-0.15, -0.1) is 5.10 Å². The van der Waals surface area contributed by atoms with Crippen molar-refractivity contribution >= 4 is 34.6 Å². The van der Waals surface area contributed by atoms with Gasteiger partial charge in [-0.1, -0.05) is 87.9 Å². The van der Waals surface area contributed by atoms with Crippen molar-refractivity contribution in [1.29, 1.82) is 0 Å². The first-order valence-corrected chi connectivity index (χ1v) is 14.2. The molecule has 10 heteroatoms. The average molecular weight is 598 g/mol. The van der Waals surface area contributed by atoms with Gasteiger partial charge in [-0.3, -0.25) is 0 Å². The van der Waals surface area contributed by atoms with Crippen molar-refractivity contribution in [3.05, 3.63) is 124 Å². The average Bonchev–Trinajstić information content (AvgIpc) is 3.36. The maximum absolute atomic E-state index is 12.8. The molecule has 1 aromatic heterocycles. The van der Waals surface area contributed by atoms with E-state index < -0.39 is 19.3 Å². The van der Waals surface area contributed by atoms with E-state index in [1.165, 1.54) is 12.1 Å². The van der Waals surface area contributed by atoms with Crippen molar-refractivity contribution < 1.29 is 22.8 Å². The first-order chi connectivity index (χ1) is 18.3. The Kier molecular flexibility index (Phi) is 7.43. The van der Waals surface area contributed by atoms with Crippen LogP contribution in [0.1, 0.15) is 16.7 Å². The molecule has 2 atom stereocenters. The van der Waals surface area contributed by atoms with Crippen LogP contribution in [0.3, 0.4) is 0 Å². The lowest BCUT2D eigenvalue weighted by Crippen LogP contribution is -2.40. The summed E-state index contributed by atoms with van der Waals surface area (Å²) in [4.78, 5) is 9.42. The molecule has 0 aliphatic carbocycles. The van der Waals surface area contributed by atoms with Gasteiger partial charge in [0.05, 0.1) is 11.1 Å². The molecule has 2 unspecified atom stereocenters. The van der Waals surface area contributed by atoms with Crippen molar-refractivity contribution in [3.63, 3.8) is 0 Å². The lowest BCUT2D eigenvalue weighted by atomic mass is 9.78. The highest BCUT2D eigenvalue weighted by atomic mass is 79.9. The normalized spacial score (nSPS) is 14.8. The number of rotatable bonds is 9. The van der Waals surface area contributed by atoms with Crippen LogP contribution in [0.15, 0.2) is 108 Å². The summed E-state index contributed by atoms with van der Waals surface area (Å²) < 4.78 is 45.0. The standard InChI is InChI=1S/C28H23BrF2N3O3P/c29-23-14-10-20(11-15-23)18-28(22-6-2-1-3-7-22,34-26-9-5-4-8-25(26)32-33-34)19-21-12-16-24(17-13-21)37-38(35,36)27(30)31/h1-17,27H,18-19H2,(H,35,36). The molecule has 0 amide bonds. The molecule has 6 nitrogen and oxygen atoms in total. The number of para-hydroxylation sites is 1. The number of hydrogen-bond donors (Lipinski definition) is 1. The predicted molar refractivity (Wildman–Crippen MR) is 145 cm³/mol. The predicted octanol–water partition coefficient (Wildman–Crippen LogP) is 7.21. The van der Waals surface area contributed by atoms with E-state index in [0.717, 1.165) is 32.2 Å². The highest BCUT2D eigenvalue weighted by Crippen LogP contribution is 2.49. The molecule has 0 spiro atoms. The molecule has 0 aliphatic heterocycles. The van der Waals surface area contributed by atoms with Crippen LogP contribution >= 0.6 is 23.5 Å². The second-order valence-corrected chi connectivity index (χ2v) is 11.6. The Hall–Kier alpha value is -3.39. The lowest BCUT2D eigenvalue weighted by molar-refractivity contribution is 0.188. The third-order valence-corrected chi connectivity index (χ3v) is 7.88. The van der Waals surface area contributed by atoms with Gasteiger partial charge in [0.1, 0.15) is 11.3 Å². The summed E-state index contributed by atoms with van der Waals surface area (Å²) in [7, 11) is -5.07. The van der Waals surface area contributed by atoms with Crippen LogP contribution in [0.25, 0.3) is 11.0 Å². The van der Waals surface area contributed by atoms with Gasteiger partial charge in [0, 0.05) is 17.3 Å². The summed E-state index contributed by atoms with van der Waals surface area (Å²) >= 11 is 3.51. The highest BCUT2D eigenvalue weighted by Gasteiger charge is 2.38. The Balaban J connectivity index is 1.63. The second kappa shape index (κ2) is 10.8. The molecule has 1 N–H and O–H groups in total. The van der Waals surface area contributed by atoms with Crippen LogP contribution in [-0.2, 0) is 22.9 Å². The van der Waals surface area contributed by atoms with Crippen LogP contribution in [0.2, 0.25) is 0 Å². The van der Waals surface area contributed by atoms with Gasteiger partial charge >= 0.3 is 13.8 Å². The summed E-state index contributed by atoms with van der Waals surface area (Å²) in [5.41, 5.74) is 3.85. The number of halogens is 3. The van der Waals surface area contributed by atoms with Crippen LogP contribution in [0, 0.1) is 0 Å². The molecule has 0 bridgehead atoms. The van der Waals surface area contributed by atoms with E-state index in [1.54, 1.807) is 12.1 Å². The van der Waals surface area contributed by atoms with Gasteiger partial charge in [0.25, 0.3) is 0 Å². The summed E-state index contributed by atoms with van der Waals surface area (Å²) in [6.45, 7) is 0. The van der Waals surface area contributed by atoms with E-state index in [9.17, 15) is 18.2 Å². The Morgan fingerprint density at radius 1 is 0.868 bits per heavy atom. The molecule has 0 radical (unpaired) electrons. The van der Waals surface area contributed by atoms with E-state index in [-0.39, 0.29) is 5.75 Å². The van der Waals surface area contributed by atoms with E-state index >= 15 is 0 Å². The van der Waals surface area contributed by atoms with Crippen LogP contribution in [0.5, 0.6) is 5.75 Å². The molecule has 1 heterocycles. The molecule has 5 aromatic rings. The second-order valence-electron chi connectivity index (χ2n) is 8.94. The summed E-state index contributed by atoms with van der Waals surface area (Å²) in [6.07, 6.45) is -2.45. The first kappa shape index (κ1) is 26.2. The molecule has 0 saturated carbocycles. The molecule has 0 aliphatic rings. The fourth-order valence-corrected chi connectivity index (χ4v) is 5.38. The third-order valence-electron chi connectivity index (χ3n) is 6.38. The van der Waals surface area contributed by atoms with Crippen molar-refractivity contribution in [2.45, 2.75) is 24.5 Å². The van der Waals surface area contributed by atoms with Crippen molar-refractivity contribution in [3.8, 4) is 5.75 Å². The van der Waals surface area contributed by atoms with Gasteiger partial charge < -0.3 is 9.42 Å². The van der Waals surface area contributed by atoms with E-state index in [1.807, 2.05) is 59.3 Å². The maximum Gasteiger partial charge on any atom is 0.442 e. The Morgan fingerprint density at radius 2 is 1.45 bits per heavy atom. The summed E-state index contributed by atoms with van der Waals surface area (Å²) in [5.74, 6) is -0.107. The maximum atomic E-state index is 12.8. The zero-order valence-corrected chi connectivity index (χ0v) is 22.5. The molecular formula is C28H23BrF2N3O3P. The minimum Gasteiger partial charge on any atom is -0.421 e. The molecular weight excluding hydrogens is 575 g/mol. The zero-order chi connectivity index (χ0) is 26.8. The molecule has 0 fully saturated rings. The lowest BCUT2D eigenvalue weighted by Gasteiger charge is -2.36. The van der Waals surface area contributed by atoms with E-state index in [0.29, 0.717) is 12.8 Å². The van der Waals surface area contributed by atoms with E-state index in [2.05, 4.69) is 50.5 Å². The summed E-state index contributed by atoms with van der Waals surface area (Å²) in [6, 6.07) is 32.1. The number of aromatic nitrogens is 3. The van der Waals surface area contributed by atoms with Gasteiger partial charge in [-0.05, 0) is 53.1 Å². The van der Waals surface area contributed by atoms with Crippen molar-refractivity contribution in [2.24, 2.45) is 0 Å². The molecule has 4 aromatic carbocycles. The fraction of sp³-hybridized carbons (Fsp3) is 0.143. The Bertz CT molecular complexity index is 1580. The quantitative estimate of drug-likeness (QED) is 0.182. The molecule has 38 heavy (non-hydrogen) atoms. The smallest absolute Gasteiger partial charge is 0.421 e. The fourth-order valence-electron chi connectivity index (χ4n) is 4.61. The Morgan fingerprint density at radius 3 is 2.08 bits per heavy atom. The van der Waals surface area contributed by atoms with Gasteiger partial charge in [0.2, 0.25) is 0 Å². The Labute approximate surface area is 226 Å². The van der Waals surface area contributed by atoms with Crippen molar-refractivity contribution in [1.82, 2.24) is 15.0 Å². The molecule has 5 rings (SSSR count). The van der Waals surface area contributed by atoms with Gasteiger partial charge in [-0.2, -0.15) is 8.78 Å². The van der Waals surface area contributed by atoms with Crippen LogP contribution < -0.4 is 4.52 Å². The number of fused-ring (bicyclic) bond motifs is 1. The third kappa shape index (κ3) is 5.41. The van der Waals surface area contributed by atoms with Crippen LogP contribution in [0.4, 0.5) is 8.78 Å². The number of hydrogen-bond acceptors (Lipinski definition) is 4. The topological polar surface area (TPSA) is 77.2 Å².